The van der Waals surface area contributed by atoms with Crippen LogP contribution in [0.3, 0.4) is 0 Å². The number of halogens is 1. The van der Waals surface area contributed by atoms with Crippen LogP contribution in [-0.4, -0.2) is 8.42 Å². The van der Waals surface area contributed by atoms with Crippen molar-refractivity contribution in [2.24, 2.45) is 2.55 Å². The Morgan fingerprint density at radius 2 is 1.70 bits per heavy atom. The topological polar surface area (TPSA) is 46.5 Å². The number of allylic oxidation sites excluding steroid dienone is 1. The molecule has 20 heavy (non-hydrogen) atoms. The first-order chi connectivity index (χ1) is 9.63. The predicted octanol–water partition coefficient (Wildman–Crippen LogP) is 4.13. The fourth-order valence-corrected chi connectivity index (χ4v) is 5.48. The molecule has 0 aromatic heterocycles. The monoisotopic (exact) mass is 399 g/mol. The van der Waals surface area contributed by atoms with Gasteiger partial charge in [0.25, 0.3) is 10.0 Å². The third-order valence-electron chi connectivity index (χ3n) is 2.57. The largest absolute Gasteiger partial charge is 0.287 e. The molecule has 0 fully saturated rings. The maximum Gasteiger partial charge on any atom is 0.287 e. The molecule has 0 N–H and O–H groups in total. The van der Waals surface area contributed by atoms with Gasteiger partial charge < -0.3 is 0 Å². The van der Waals surface area contributed by atoms with E-state index in [1.54, 1.807) is 24.3 Å². The Bertz CT molecular complexity index is 725. The van der Waals surface area contributed by atoms with Crippen LogP contribution in [0, 0.1) is 3.57 Å². The average molecular weight is 399 g/mol. The Morgan fingerprint density at radius 1 is 1.05 bits per heavy atom. The number of rotatable bonds is 5. The van der Waals surface area contributed by atoms with Crippen LogP contribution >= 0.6 is 21.0 Å². The molecule has 0 aliphatic carbocycles. The first-order valence-electron chi connectivity index (χ1n) is 5.99. The number of benzene rings is 2. The molecule has 0 unspecified atom stereocenters. The minimum atomic E-state index is -3.59. The van der Waals surface area contributed by atoms with Gasteiger partial charge in [0.2, 0.25) is 0 Å². The van der Waals surface area contributed by atoms with Crippen LogP contribution < -0.4 is 0 Å². The van der Waals surface area contributed by atoms with Crippen LogP contribution in [-0.2, 0) is 16.4 Å². The van der Waals surface area contributed by atoms with E-state index in [1.807, 2.05) is 36.4 Å². The second-order valence-corrected chi connectivity index (χ2v) is 8.46. The highest BCUT2D eigenvalue weighted by molar-refractivity contribution is 14.2. The third kappa shape index (κ3) is 3.83. The van der Waals surface area contributed by atoms with E-state index >= 15 is 0 Å². The van der Waals surface area contributed by atoms with Gasteiger partial charge in [-0.3, -0.25) is 0 Å². The van der Waals surface area contributed by atoms with Crippen molar-refractivity contribution in [3.63, 3.8) is 0 Å². The average Bonchev–Trinajstić information content (AvgIpc) is 2.47. The van der Waals surface area contributed by atoms with Crippen LogP contribution in [0.2, 0.25) is 0 Å². The minimum absolute atomic E-state index is 0.288. The van der Waals surface area contributed by atoms with Crippen LogP contribution in [0.15, 0.2) is 74.7 Å². The van der Waals surface area contributed by atoms with E-state index in [0.29, 0.717) is 6.42 Å². The highest BCUT2D eigenvalue weighted by Crippen LogP contribution is 2.23. The van der Waals surface area contributed by atoms with Gasteiger partial charge >= 0.3 is 0 Å². The highest BCUT2D eigenvalue weighted by atomic mass is 127. The first kappa shape index (κ1) is 15.1. The normalized spacial score (nSPS) is 12.0. The van der Waals surface area contributed by atoms with Crippen molar-refractivity contribution in [1.82, 2.24) is 0 Å². The van der Waals surface area contributed by atoms with Crippen molar-refractivity contribution in [3.8, 4) is 0 Å². The van der Waals surface area contributed by atoms with Crippen molar-refractivity contribution in [1.29, 1.82) is 0 Å². The summed E-state index contributed by atoms with van der Waals surface area (Å²) < 4.78 is 29.6. The molecule has 0 aliphatic rings. The molecule has 0 radical (unpaired) electrons. The molecule has 2 aromatic carbocycles. The number of nitrogens with zero attached hydrogens (tertiary/aromatic N) is 1. The summed E-state index contributed by atoms with van der Waals surface area (Å²) in [6.07, 6.45) is 2.22. The van der Waals surface area contributed by atoms with Gasteiger partial charge in [0, 0.05) is 24.6 Å². The van der Waals surface area contributed by atoms with Gasteiger partial charge in [0.1, 0.15) is 0 Å². The zero-order valence-electron chi connectivity index (χ0n) is 10.7. The molecule has 0 atom stereocenters. The summed E-state index contributed by atoms with van der Waals surface area (Å²) in [6.45, 7) is 3.65. The zero-order chi connectivity index (χ0) is 14.4. The molecule has 2 aromatic rings. The predicted molar refractivity (Wildman–Crippen MR) is 89.1 cm³/mol. The minimum Gasteiger partial charge on any atom is -0.199 e. The Hall–Kier alpha value is -1.34. The van der Waals surface area contributed by atoms with Crippen molar-refractivity contribution in [3.05, 3.63) is 76.4 Å². The van der Waals surface area contributed by atoms with Crippen LogP contribution in [0.25, 0.3) is 0 Å². The second kappa shape index (κ2) is 6.90. The summed E-state index contributed by atoms with van der Waals surface area (Å²) in [7, 11) is -3.59. The second-order valence-electron chi connectivity index (χ2n) is 4.02. The van der Waals surface area contributed by atoms with Crippen LogP contribution in [0.5, 0.6) is 0 Å². The Kier molecular flexibility index (Phi) is 5.19. The molecule has 104 valence electrons. The number of hydrogen-bond donors (Lipinski definition) is 0. The van der Waals surface area contributed by atoms with Gasteiger partial charge in [-0.1, -0.05) is 42.5 Å². The van der Waals surface area contributed by atoms with Crippen LogP contribution in [0.4, 0.5) is 0 Å². The van der Waals surface area contributed by atoms with E-state index < -0.39 is 31.1 Å². The Balaban J connectivity index is 2.36. The first-order valence-corrected chi connectivity index (χ1v) is 9.47. The van der Waals surface area contributed by atoms with E-state index in [4.69, 9.17) is 0 Å². The summed E-state index contributed by atoms with van der Waals surface area (Å²) in [6, 6.07) is 16.4. The summed E-state index contributed by atoms with van der Waals surface area (Å²) in [5.74, 6) is 0. The van der Waals surface area contributed by atoms with Crippen molar-refractivity contribution in [2.45, 2.75) is 11.3 Å². The van der Waals surface area contributed by atoms with Crippen molar-refractivity contribution >= 4 is 31.1 Å². The SMILES string of the molecule is C=CCc1ccccc1S(=O)(=O)N=Ic1ccccc1. The van der Waals surface area contributed by atoms with E-state index in [1.165, 1.54) is 0 Å². The van der Waals surface area contributed by atoms with Gasteiger partial charge in [-0.15, -0.1) is 9.13 Å². The molecule has 0 aliphatic heterocycles. The molecule has 0 amide bonds. The zero-order valence-corrected chi connectivity index (χ0v) is 13.7. The molecule has 0 heterocycles. The molecule has 3 nitrogen and oxygen atoms in total. The highest BCUT2D eigenvalue weighted by Gasteiger charge is 2.15. The lowest BCUT2D eigenvalue weighted by Crippen LogP contribution is -2.00. The van der Waals surface area contributed by atoms with E-state index in [0.717, 1.165) is 9.13 Å². The molecule has 2 rings (SSSR count). The summed E-state index contributed by atoms with van der Waals surface area (Å²) in [4.78, 5) is 0.288. The smallest absolute Gasteiger partial charge is 0.199 e. The summed E-state index contributed by atoms with van der Waals surface area (Å²) >= 11 is -0.900. The van der Waals surface area contributed by atoms with E-state index in [9.17, 15) is 8.42 Å². The Morgan fingerprint density at radius 3 is 2.40 bits per heavy atom. The standard InChI is InChI=1S/C15H14INO2S/c1-2-8-13-9-6-7-12-15(13)20(18,19)17-16-14-10-4-3-5-11-14/h2-7,9-12H,1,8H2. The maximum atomic E-state index is 12.3. The van der Waals surface area contributed by atoms with Gasteiger partial charge in [0.05, 0.1) is 4.90 Å². The summed E-state index contributed by atoms with van der Waals surface area (Å²) in [5, 5.41) is 0. The quantitative estimate of drug-likeness (QED) is 0.561. The molecule has 0 bridgehead atoms. The third-order valence-corrected chi connectivity index (χ3v) is 7.20. The van der Waals surface area contributed by atoms with Gasteiger partial charge in [-0.05, 0) is 30.2 Å². The maximum absolute atomic E-state index is 12.3. The lowest BCUT2D eigenvalue weighted by Gasteiger charge is -2.04. The summed E-state index contributed by atoms with van der Waals surface area (Å²) in [5.41, 5.74) is 0.739. The Labute approximate surface area is 129 Å². The van der Waals surface area contributed by atoms with Crippen molar-refractivity contribution < 1.29 is 8.42 Å². The van der Waals surface area contributed by atoms with E-state index in [-0.39, 0.29) is 4.90 Å². The molecule has 0 spiro atoms. The van der Waals surface area contributed by atoms with E-state index in [2.05, 4.69) is 9.13 Å². The van der Waals surface area contributed by atoms with Crippen molar-refractivity contribution in [2.75, 3.05) is 0 Å². The lowest BCUT2D eigenvalue weighted by atomic mass is 10.1. The molecule has 0 saturated heterocycles. The van der Waals surface area contributed by atoms with Crippen LogP contribution in [0.1, 0.15) is 5.56 Å². The molecular formula is C15H14INO2S. The van der Waals surface area contributed by atoms with Gasteiger partial charge in [-0.25, -0.2) is 0 Å². The van der Waals surface area contributed by atoms with Gasteiger partial charge in [-0.2, -0.15) is 8.42 Å². The molecular weight excluding hydrogens is 385 g/mol. The lowest BCUT2D eigenvalue weighted by molar-refractivity contribution is 0.598. The fraction of sp³-hybridized carbons (Fsp3) is 0.0667. The number of sulfonamides is 1. The number of hydrogen-bond acceptors (Lipinski definition) is 2. The van der Waals surface area contributed by atoms with Gasteiger partial charge in [0.15, 0.2) is 0 Å². The fourth-order valence-electron chi connectivity index (χ4n) is 1.67. The molecule has 5 heteroatoms. The molecule has 0 saturated carbocycles.